The van der Waals surface area contributed by atoms with E-state index >= 15 is 0 Å². The van der Waals surface area contributed by atoms with Crippen molar-refractivity contribution >= 4 is 5.91 Å². The number of benzene rings is 2. The Labute approximate surface area is 181 Å². The van der Waals surface area contributed by atoms with Gasteiger partial charge in [0.2, 0.25) is 5.91 Å². The van der Waals surface area contributed by atoms with Crippen molar-refractivity contribution in [1.82, 2.24) is 9.80 Å². The molecule has 0 aliphatic carbocycles. The topological polar surface area (TPSA) is 32.8 Å². The molecule has 3 rings (SSSR count). The third kappa shape index (κ3) is 6.47. The summed E-state index contributed by atoms with van der Waals surface area (Å²) in [5.74, 6) is -1.69. The van der Waals surface area contributed by atoms with E-state index in [9.17, 15) is 18.0 Å². The summed E-state index contributed by atoms with van der Waals surface area (Å²) in [6.45, 7) is 7.80. The molecule has 31 heavy (non-hydrogen) atoms. The molecule has 0 unspecified atom stereocenters. The van der Waals surface area contributed by atoms with Crippen LogP contribution in [0.3, 0.4) is 0 Å². The Hall–Kier alpha value is -2.54. The Morgan fingerprint density at radius 2 is 1.65 bits per heavy atom. The zero-order valence-electron chi connectivity index (χ0n) is 18.0. The van der Waals surface area contributed by atoms with Gasteiger partial charge in [0.15, 0.2) is 11.6 Å². The summed E-state index contributed by atoms with van der Waals surface area (Å²) in [7, 11) is 0. The van der Waals surface area contributed by atoms with Gasteiger partial charge in [-0.1, -0.05) is 26.0 Å². The van der Waals surface area contributed by atoms with E-state index in [1.165, 1.54) is 18.2 Å². The third-order valence-corrected chi connectivity index (χ3v) is 5.66. The fourth-order valence-electron chi connectivity index (χ4n) is 3.76. The second-order valence-electron chi connectivity index (χ2n) is 8.61. The van der Waals surface area contributed by atoms with Crippen LogP contribution in [0.25, 0.3) is 0 Å². The molecule has 1 fully saturated rings. The lowest BCUT2D eigenvalue weighted by Crippen LogP contribution is -2.51. The predicted molar refractivity (Wildman–Crippen MR) is 113 cm³/mol. The number of nitrogens with zero attached hydrogens (tertiary/aromatic N) is 2. The lowest BCUT2D eigenvalue weighted by atomic mass is 9.86. The van der Waals surface area contributed by atoms with E-state index in [1.54, 1.807) is 12.1 Å². The van der Waals surface area contributed by atoms with Gasteiger partial charge in [-0.05, 0) is 42.7 Å². The molecule has 1 amide bonds. The SMILES string of the molecule is CC(C)(CCCOc1ccc(F)c(F)c1)C(=O)N1CCN(Cc2ccc(F)cc2)CC1. The number of hydrogen-bond donors (Lipinski definition) is 0. The van der Waals surface area contributed by atoms with Crippen molar-refractivity contribution < 1.29 is 22.7 Å². The maximum atomic E-state index is 13.2. The molecular formula is C24H29F3N2O2. The van der Waals surface area contributed by atoms with Crippen LogP contribution in [0.5, 0.6) is 5.75 Å². The molecule has 0 saturated carbocycles. The summed E-state index contributed by atoms with van der Waals surface area (Å²) in [4.78, 5) is 17.2. The smallest absolute Gasteiger partial charge is 0.228 e. The molecular weight excluding hydrogens is 405 g/mol. The van der Waals surface area contributed by atoms with Crippen molar-refractivity contribution in [2.45, 2.75) is 33.2 Å². The molecule has 4 nitrogen and oxygen atoms in total. The van der Waals surface area contributed by atoms with E-state index in [2.05, 4.69) is 4.90 Å². The number of carbonyl (C=O) groups excluding carboxylic acids is 1. The number of halogens is 3. The second-order valence-corrected chi connectivity index (χ2v) is 8.61. The second kappa shape index (κ2) is 10.2. The van der Waals surface area contributed by atoms with Gasteiger partial charge in [-0.15, -0.1) is 0 Å². The van der Waals surface area contributed by atoms with Gasteiger partial charge in [0.25, 0.3) is 0 Å². The molecule has 2 aromatic carbocycles. The first kappa shape index (κ1) is 23.1. The molecule has 0 spiro atoms. The van der Waals surface area contributed by atoms with Crippen molar-refractivity contribution in [3.63, 3.8) is 0 Å². The highest BCUT2D eigenvalue weighted by Gasteiger charge is 2.33. The first-order valence-corrected chi connectivity index (χ1v) is 10.6. The zero-order valence-corrected chi connectivity index (χ0v) is 18.0. The minimum absolute atomic E-state index is 0.113. The predicted octanol–water partition coefficient (Wildman–Crippen LogP) is 4.63. The largest absolute Gasteiger partial charge is 0.493 e. The Balaban J connectivity index is 1.41. The maximum absolute atomic E-state index is 13.2. The molecule has 1 aliphatic heterocycles. The quantitative estimate of drug-likeness (QED) is 0.568. The number of hydrogen-bond acceptors (Lipinski definition) is 3. The van der Waals surface area contributed by atoms with Crippen LogP contribution in [-0.4, -0.2) is 48.5 Å². The maximum Gasteiger partial charge on any atom is 0.228 e. The van der Waals surface area contributed by atoms with Crippen molar-refractivity contribution in [3.05, 3.63) is 65.5 Å². The lowest BCUT2D eigenvalue weighted by Gasteiger charge is -2.38. The first-order valence-electron chi connectivity index (χ1n) is 10.6. The van der Waals surface area contributed by atoms with Crippen LogP contribution in [0.4, 0.5) is 13.2 Å². The normalized spacial score (nSPS) is 15.2. The van der Waals surface area contributed by atoms with E-state index in [4.69, 9.17) is 4.74 Å². The van der Waals surface area contributed by atoms with E-state index < -0.39 is 17.0 Å². The Bertz CT molecular complexity index is 879. The summed E-state index contributed by atoms with van der Waals surface area (Å²) < 4.78 is 44.7. The van der Waals surface area contributed by atoms with Gasteiger partial charge in [0.1, 0.15) is 11.6 Å². The lowest BCUT2D eigenvalue weighted by molar-refractivity contribution is -0.142. The molecule has 0 aromatic heterocycles. The fourth-order valence-corrected chi connectivity index (χ4v) is 3.76. The molecule has 7 heteroatoms. The van der Waals surface area contributed by atoms with Crippen molar-refractivity contribution in [1.29, 1.82) is 0 Å². The molecule has 2 aromatic rings. The van der Waals surface area contributed by atoms with Gasteiger partial charge < -0.3 is 9.64 Å². The van der Waals surface area contributed by atoms with Crippen molar-refractivity contribution in [2.24, 2.45) is 5.41 Å². The Morgan fingerprint density at radius 3 is 2.29 bits per heavy atom. The molecule has 0 bridgehead atoms. The molecule has 1 saturated heterocycles. The summed E-state index contributed by atoms with van der Waals surface area (Å²) in [5.41, 5.74) is 0.527. The minimum Gasteiger partial charge on any atom is -0.493 e. The molecule has 1 aliphatic rings. The Morgan fingerprint density at radius 1 is 0.968 bits per heavy atom. The molecule has 0 radical (unpaired) electrons. The minimum atomic E-state index is -0.938. The number of carbonyl (C=O) groups is 1. The van der Waals surface area contributed by atoms with E-state index in [1.807, 2.05) is 18.7 Å². The van der Waals surface area contributed by atoms with Gasteiger partial charge >= 0.3 is 0 Å². The highest BCUT2D eigenvalue weighted by atomic mass is 19.2. The summed E-state index contributed by atoms with van der Waals surface area (Å²) in [5, 5.41) is 0. The molecule has 1 heterocycles. The van der Waals surface area contributed by atoms with Crippen LogP contribution >= 0.6 is 0 Å². The van der Waals surface area contributed by atoms with Crippen molar-refractivity contribution in [3.8, 4) is 5.75 Å². The van der Waals surface area contributed by atoms with Crippen molar-refractivity contribution in [2.75, 3.05) is 32.8 Å². The first-order chi connectivity index (χ1) is 14.7. The third-order valence-electron chi connectivity index (χ3n) is 5.66. The number of rotatable bonds is 8. The average molecular weight is 435 g/mol. The molecule has 0 N–H and O–H groups in total. The van der Waals surface area contributed by atoms with Gasteiger partial charge in [-0.25, -0.2) is 13.2 Å². The Kier molecular flexibility index (Phi) is 7.59. The average Bonchev–Trinajstić information content (AvgIpc) is 2.75. The van der Waals surface area contributed by atoms with Crippen LogP contribution < -0.4 is 4.74 Å². The van der Waals surface area contributed by atoms with E-state index in [0.29, 0.717) is 32.5 Å². The van der Waals surface area contributed by atoms with Gasteiger partial charge in [0.05, 0.1) is 6.61 Å². The van der Waals surface area contributed by atoms with Gasteiger partial charge in [-0.2, -0.15) is 0 Å². The highest BCUT2D eigenvalue weighted by molar-refractivity contribution is 5.82. The number of piperazine rings is 1. The summed E-state index contributed by atoms with van der Waals surface area (Å²) in [6.07, 6.45) is 1.26. The summed E-state index contributed by atoms with van der Waals surface area (Å²) in [6, 6.07) is 9.96. The van der Waals surface area contributed by atoms with Crippen LogP contribution in [0.15, 0.2) is 42.5 Å². The van der Waals surface area contributed by atoms with E-state index in [0.717, 1.165) is 37.3 Å². The fraction of sp³-hybridized carbons (Fsp3) is 0.458. The van der Waals surface area contributed by atoms with Crippen LogP contribution in [0.1, 0.15) is 32.3 Å². The molecule has 0 atom stereocenters. The molecule has 168 valence electrons. The van der Waals surface area contributed by atoms with Gasteiger partial charge in [-0.3, -0.25) is 9.69 Å². The zero-order chi connectivity index (χ0) is 22.4. The van der Waals surface area contributed by atoms with Crippen LogP contribution in [-0.2, 0) is 11.3 Å². The summed E-state index contributed by atoms with van der Waals surface area (Å²) >= 11 is 0. The van der Waals surface area contributed by atoms with Crippen LogP contribution in [0, 0.1) is 22.9 Å². The van der Waals surface area contributed by atoms with E-state index in [-0.39, 0.29) is 17.5 Å². The van der Waals surface area contributed by atoms with Gasteiger partial charge in [0, 0.05) is 44.2 Å². The highest BCUT2D eigenvalue weighted by Crippen LogP contribution is 2.27. The number of amides is 1. The van der Waals surface area contributed by atoms with Crippen LogP contribution in [0.2, 0.25) is 0 Å². The standard InChI is InChI=1S/C24H29F3N2O2/c1-24(2,10-3-15-31-20-8-9-21(26)22(27)16-20)23(30)29-13-11-28(12-14-29)17-18-4-6-19(25)7-5-18/h4-9,16H,3,10-15,17H2,1-2H3. The number of ether oxygens (including phenoxy) is 1. The monoisotopic (exact) mass is 434 g/mol.